The first-order valence-corrected chi connectivity index (χ1v) is 13.0. The van der Waals surface area contributed by atoms with Gasteiger partial charge in [0.15, 0.2) is 11.6 Å². The van der Waals surface area contributed by atoms with Crippen molar-refractivity contribution in [1.29, 1.82) is 0 Å². The molecule has 4 aromatic heterocycles. The van der Waals surface area contributed by atoms with Crippen LogP contribution in [0, 0.1) is 0 Å². The zero-order chi connectivity index (χ0) is 23.1. The molecule has 5 heterocycles. The molecule has 1 atom stereocenters. The number of H-pyrrole nitrogens is 1. The zero-order valence-corrected chi connectivity index (χ0v) is 20.1. The van der Waals surface area contributed by atoms with Crippen molar-refractivity contribution < 1.29 is 9.84 Å². The van der Waals surface area contributed by atoms with Crippen molar-refractivity contribution in [1.82, 2.24) is 25.1 Å². The summed E-state index contributed by atoms with van der Waals surface area (Å²) in [6.07, 6.45) is 6.61. The van der Waals surface area contributed by atoms with E-state index in [0.29, 0.717) is 19.0 Å². The van der Waals surface area contributed by atoms with E-state index in [1.54, 1.807) is 41.7 Å². The molecular weight excluding hydrogens is 468 g/mol. The number of nitrogens with zero attached hydrogens (tertiary/aromatic N) is 5. The minimum Gasteiger partial charge on any atom is -0.383 e. The lowest BCUT2D eigenvalue weighted by Gasteiger charge is -2.28. The molecule has 0 saturated carbocycles. The van der Waals surface area contributed by atoms with Gasteiger partial charge in [0.1, 0.15) is 6.10 Å². The standard InChI is InChI=1S/C24H22N6O2S2/c1-33-15-4-2-14(3-5-15)21(31)20-10-18-22(34-20)24(30-6-8-32-9-7-30)28-23(27-18)17-11-25-13-19-16(17)12-26-29-19/h2-5,10-13,21,31H,6-9H2,1H3,(H,26,29). The minimum atomic E-state index is -0.727. The van der Waals surface area contributed by atoms with Crippen LogP contribution in [0.4, 0.5) is 5.82 Å². The quantitative estimate of drug-likeness (QED) is 0.352. The Labute approximate surface area is 204 Å². The van der Waals surface area contributed by atoms with E-state index in [2.05, 4.69) is 20.1 Å². The summed E-state index contributed by atoms with van der Waals surface area (Å²) in [6.45, 7) is 2.82. The van der Waals surface area contributed by atoms with Crippen LogP contribution in [0.25, 0.3) is 32.5 Å². The monoisotopic (exact) mass is 490 g/mol. The number of thiophene rings is 1. The van der Waals surface area contributed by atoms with Crippen molar-refractivity contribution in [2.24, 2.45) is 0 Å². The maximum absolute atomic E-state index is 11.2. The first-order valence-electron chi connectivity index (χ1n) is 10.9. The predicted molar refractivity (Wildman–Crippen MR) is 136 cm³/mol. The van der Waals surface area contributed by atoms with Crippen LogP contribution in [0.3, 0.4) is 0 Å². The number of benzene rings is 1. The van der Waals surface area contributed by atoms with E-state index in [9.17, 15) is 5.11 Å². The fourth-order valence-electron chi connectivity index (χ4n) is 4.17. The van der Waals surface area contributed by atoms with E-state index in [-0.39, 0.29) is 0 Å². The summed E-state index contributed by atoms with van der Waals surface area (Å²) in [5.74, 6) is 1.46. The number of pyridine rings is 1. The number of ether oxygens (including phenoxy) is 1. The van der Waals surface area contributed by atoms with Crippen LogP contribution in [0.5, 0.6) is 0 Å². The molecule has 0 spiro atoms. The number of fused-ring (bicyclic) bond motifs is 2. The maximum Gasteiger partial charge on any atom is 0.164 e. The van der Waals surface area contributed by atoms with E-state index in [4.69, 9.17) is 14.7 Å². The summed E-state index contributed by atoms with van der Waals surface area (Å²) in [5, 5.41) is 19.2. The van der Waals surface area contributed by atoms with Gasteiger partial charge in [0.05, 0.1) is 41.3 Å². The summed E-state index contributed by atoms with van der Waals surface area (Å²) in [7, 11) is 0. The lowest BCUT2D eigenvalue weighted by atomic mass is 10.1. The number of aliphatic hydroxyl groups excluding tert-OH is 1. The molecule has 1 aromatic carbocycles. The lowest BCUT2D eigenvalue weighted by molar-refractivity contribution is 0.122. The number of anilines is 1. The Kier molecular flexibility index (Phi) is 5.66. The second-order valence-corrected chi connectivity index (χ2v) is 9.99. The number of aromatic nitrogens is 5. The predicted octanol–water partition coefficient (Wildman–Crippen LogP) is 4.27. The second-order valence-electron chi connectivity index (χ2n) is 8.03. The third-order valence-electron chi connectivity index (χ3n) is 5.99. The van der Waals surface area contributed by atoms with E-state index in [1.165, 1.54) is 4.90 Å². The van der Waals surface area contributed by atoms with Gasteiger partial charge in [-0.2, -0.15) is 5.10 Å². The van der Waals surface area contributed by atoms with Crippen LogP contribution >= 0.6 is 23.1 Å². The molecule has 1 saturated heterocycles. The molecule has 6 rings (SSSR count). The van der Waals surface area contributed by atoms with Gasteiger partial charge in [0, 0.05) is 40.0 Å². The molecule has 10 heteroatoms. The van der Waals surface area contributed by atoms with Gasteiger partial charge in [-0.1, -0.05) is 12.1 Å². The Bertz CT molecular complexity index is 1460. The number of hydrogen-bond acceptors (Lipinski definition) is 9. The summed E-state index contributed by atoms with van der Waals surface area (Å²) >= 11 is 3.23. The summed E-state index contributed by atoms with van der Waals surface area (Å²) in [5.41, 5.74) is 3.33. The van der Waals surface area contributed by atoms with Gasteiger partial charge in [0.25, 0.3) is 0 Å². The molecule has 1 aliphatic heterocycles. The molecule has 0 radical (unpaired) electrons. The van der Waals surface area contributed by atoms with Gasteiger partial charge in [-0.25, -0.2) is 9.97 Å². The molecule has 34 heavy (non-hydrogen) atoms. The molecule has 172 valence electrons. The van der Waals surface area contributed by atoms with Gasteiger partial charge >= 0.3 is 0 Å². The maximum atomic E-state index is 11.2. The number of morpholine rings is 1. The van der Waals surface area contributed by atoms with Gasteiger partial charge in [0.2, 0.25) is 0 Å². The molecule has 0 aliphatic carbocycles. The van der Waals surface area contributed by atoms with Crippen molar-refractivity contribution in [3.8, 4) is 11.4 Å². The highest BCUT2D eigenvalue weighted by Crippen LogP contribution is 2.39. The highest BCUT2D eigenvalue weighted by Gasteiger charge is 2.23. The first kappa shape index (κ1) is 21.5. The van der Waals surface area contributed by atoms with Crippen LogP contribution < -0.4 is 4.90 Å². The summed E-state index contributed by atoms with van der Waals surface area (Å²) in [4.78, 5) is 18.5. The first-order chi connectivity index (χ1) is 16.7. The van der Waals surface area contributed by atoms with Gasteiger partial charge < -0.3 is 14.7 Å². The smallest absolute Gasteiger partial charge is 0.164 e. The molecule has 5 aromatic rings. The van der Waals surface area contributed by atoms with E-state index < -0.39 is 6.10 Å². The fourth-order valence-corrected chi connectivity index (χ4v) is 5.71. The van der Waals surface area contributed by atoms with Crippen molar-refractivity contribution in [3.63, 3.8) is 0 Å². The van der Waals surface area contributed by atoms with E-state index >= 15 is 0 Å². The summed E-state index contributed by atoms with van der Waals surface area (Å²) < 4.78 is 6.54. The number of hydrogen-bond donors (Lipinski definition) is 2. The second kappa shape index (κ2) is 8.95. The van der Waals surface area contributed by atoms with Gasteiger partial charge in [-0.3, -0.25) is 10.1 Å². The number of rotatable bonds is 5. The van der Waals surface area contributed by atoms with Crippen molar-refractivity contribution >= 4 is 50.0 Å². The Morgan fingerprint density at radius 3 is 2.74 bits per heavy atom. The number of nitrogens with one attached hydrogen (secondary N) is 1. The minimum absolute atomic E-state index is 0.594. The van der Waals surface area contributed by atoms with Crippen LogP contribution in [-0.4, -0.2) is 62.8 Å². The summed E-state index contributed by atoms with van der Waals surface area (Å²) in [6, 6.07) is 10.0. The van der Waals surface area contributed by atoms with Crippen LogP contribution in [0.2, 0.25) is 0 Å². The largest absolute Gasteiger partial charge is 0.383 e. The highest BCUT2D eigenvalue weighted by molar-refractivity contribution is 7.98. The van der Waals surface area contributed by atoms with Crippen molar-refractivity contribution in [3.05, 3.63) is 59.4 Å². The third kappa shape index (κ3) is 3.82. The Balaban J connectivity index is 1.49. The topological polar surface area (TPSA) is 100 Å². The molecule has 1 aliphatic rings. The average molecular weight is 491 g/mol. The van der Waals surface area contributed by atoms with Crippen LogP contribution in [0.15, 0.2) is 53.8 Å². The lowest BCUT2D eigenvalue weighted by Crippen LogP contribution is -2.36. The average Bonchev–Trinajstić information content (AvgIpc) is 3.55. The SMILES string of the molecule is CSc1ccc(C(O)c2cc3nc(-c4cncc5[nH]ncc45)nc(N4CCOCC4)c3s2)cc1. The fraction of sp³-hybridized carbons (Fsp3) is 0.250. The molecule has 8 nitrogen and oxygen atoms in total. The van der Waals surface area contributed by atoms with Crippen molar-refractivity contribution in [2.45, 2.75) is 11.0 Å². The molecule has 2 N–H and O–H groups in total. The molecule has 0 amide bonds. The molecular formula is C24H22N6O2S2. The van der Waals surface area contributed by atoms with E-state index in [0.717, 1.165) is 56.0 Å². The molecule has 1 fully saturated rings. The van der Waals surface area contributed by atoms with Crippen molar-refractivity contribution in [2.75, 3.05) is 37.5 Å². The Morgan fingerprint density at radius 1 is 1.12 bits per heavy atom. The molecule has 1 unspecified atom stereocenters. The van der Waals surface area contributed by atoms with Gasteiger partial charge in [-0.15, -0.1) is 23.1 Å². The molecule has 0 bridgehead atoms. The number of thioether (sulfide) groups is 1. The number of aliphatic hydroxyl groups is 1. The Hall–Kier alpha value is -3.05. The zero-order valence-electron chi connectivity index (χ0n) is 18.4. The third-order valence-corrected chi connectivity index (χ3v) is 7.91. The highest BCUT2D eigenvalue weighted by atomic mass is 32.2. The van der Waals surface area contributed by atoms with Crippen LogP contribution in [-0.2, 0) is 4.74 Å². The van der Waals surface area contributed by atoms with Gasteiger partial charge in [-0.05, 0) is 30.0 Å². The number of aromatic amines is 1. The van der Waals surface area contributed by atoms with E-state index in [1.807, 2.05) is 36.6 Å². The van der Waals surface area contributed by atoms with Crippen LogP contribution in [0.1, 0.15) is 16.5 Å². The Morgan fingerprint density at radius 2 is 1.94 bits per heavy atom. The normalized spacial score (nSPS) is 15.3.